The van der Waals surface area contributed by atoms with Crippen LogP contribution in [0.3, 0.4) is 0 Å². The molecule has 0 atom stereocenters. The van der Waals surface area contributed by atoms with Gasteiger partial charge < -0.3 is 5.32 Å². The second kappa shape index (κ2) is 15.2. The molecule has 1 aromatic heterocycles. The molecule has 0 bridgehead atoms. The van der Waals surface area contributed by atoms with Gasteiger partial charge in [0.2, 0.25) is 0 Å². The summed E-state index contributed by atoms with van der Waals surface area (Å²) in [6.07, 6.45) is 1.51. The van der Waals surface area contributed by atoms with Gasteiger partial charge in [-0.15, -0.1) is 0 Å². The number of hydrogen-bond donors (Lipinski definition) is 3. The summed E-state index contributed by atoms with van der Waals surface area (Å²) in [4.78, 5) is 11.9. The molecule has 0 saturated heterocycles. The zero-order valence-corrected chi connectivity index (χ0v) is 29.6. The zero-order valence-electron chi connectivity index (χ0n) is 27.2. The van der Waals surface area contributed by atoms with Crippen LogP contribution in [0.1, 0.15) is 22.5 Å². The van der Waals surface area contributed by atoms with Crippen molar-refractivity contribution in [3.05, 3.63) is 126 Å². The van der Waals surface area contributed by atoms with Crippen molar-refractivity contribution in [2.24, 2.45) is 0 Å². The van der Waals surface area contributed by atoms with E-state index in [1.807, 2.05) is 72.6 Å². The molecular formula is C34H36N4O8S3. The smallest absolute Gasteiger partial charge is 0.328 e. The lowest BCUT2D eigenvalue weighted by molar-refractivity contribution is 0.246. The van der Waals surface area contributed by atoms with Crippen molar-refractivity contribution in [2.45, 2.75) is 41.9 Å². The van der Waals surface area contributed by atoms with Crippen LogP contribution in [0.25, 0.3) is 16.8 Å². The van der Waals surface area contributed by atoms with E-state index in [4.69, 9.17) is 9.65 Å². The van der Waals surface area contributed by atoms with Crippen molar-refractivity contribution in [3.63, 3.8) is 0 Å². The van der Waals surface area contributed by atoms with Gasteiger partial charge in [0.1, 0.15) is 0 Å². The lowest BCUT2D eigenvalue weighted by atomic mass is 10.0. The highest BCUT2D eigenvalue weighted by Gasteiger charge is 2.19. The molecule has 3 N–H and O–H groups in total. The lowest BCUT2D eigenvalue weighted by Gasteiger charge is -2.10. The van der Waals surface area contributed by atoms with Crippen molar-refractivity contribution >= 4 is 36.0 Å². The van der Waals surface area contributed by atoms with Gasteiger partial charge in [-0.3, -0.25) is 4.55 Å². The highest BCUT2D eigenvalue weighted by Crippen LogP contribution is 2.28. The van der Waals surface area contributed by atoms with Gasteiger partial charge in [0.15, 0.2) is 9.84 Å². The third-order valence-electron chi connectivity index (χ3n) is 7.34. The van der Waals surface area contributed by atoms with Gasteiger partial charge in [-0.05, 0) is 86.8 Å². The number of aromatic nitrogens is 2. The number of carbonyl (C=O) groups is 1. The maximum Gasteiger partial charge on any atom is 0.328 e. The summed E-state index contributed by atoms with van der Waals surface area (Å²) >= 11 is 0. The van der Waals surface area contributed by atoms with Gasteiger partial charge in [0.05, 0.1) is 26.1 Å². The van der Waals surface area contributed by atoms with Crippen LogP contribution in [0.4, 0.5) is 4.79 Å². The Morgan fingerprint density at radius 2 is 1.29 bits per heavy atom. The maximum atomic E-state index is 12.4. The summed E-state index contributed by atoms with van der Waals surface area (Å²) in [7, 11) is -11.6. The van der Waals surface area contributed by atoms with Crippen LogP contribution < -0.4 is 10.0 Å². The van der Waals surface area contributed by atoms with Gasteiger partial charge >= 0.3 is 6.03 Å². The molecule has 258 valence electrons. The first-order valence-electron chi connectivity index (χ1n) is 14.8. The van der Waals surface area contributed by atoms with E-state index in [-0.39, 0.29) is 21.2 Å². The number of carbonyl (C=O) groups excluding carboxylic acids is 1. The quantitative estimate of drug-likeness (QED) is 0.176. The number of nitrogens with one attached hydrogen (secondary N) is 2. The van der Waals surface area contributed by atoms with Crippen LogP contribution in [-0.4, -0.2) is 58.4 Å². The third-order valence-corrected chi connectivity index (χ3v) is 10.7. The Kier molecular flexibility index (Phi) is 11.4. The molecule has 0 fully saturated rings. The van der Waals surface area contributed by atoms with Gasteiger partial charge in [-0.2, -0.15) is 13.5 Å². The van der Waals surface area contributed by atoms with E-state index in [1.54, 1.807) is 12.1 Å². The molecule has 0 aliphatic rings. The molecule has 15 heteroatoms. The summed E-state index contributed by atoms with van der Waals surface area (Å²) in [6.45, 7) is 6.08. The molecule has 4 aromatic carbocycles. The number of benzene rings is 4. The standard InChI is InChI=1S/C27H28N4O5S2.C7H8O3S/c1-19-26(22-7-5-4-6-8-22)20(2)31(29-19)23-11-9-21(10-12-23)17-18-28-27(32)30-38(35,36)25-15-13-24(14-16-25)37(3,33)34;1-6-2-4-7(5-3-6)11(8,9)10/h4-16H,17-18H2,1-3H3,(H2,28,30,32);2-5H,1H3,(H,8,9,10). The first-order chi connectivity index (χ1) is 23.0. The van der Waals surface area contributed by atoms with E-state index in [0.29, 0.717) is 6.42 Å². The van der Waals surface area contributed by atoms with Crippen LogP contribution in [-0.2, 0) is 36.4 Å². The Balaban J connectivity index is 0.000000418. The third kappa shape index (κ3) is 9.85. The Morgan fingerprint density at radius 1 is 0.735 bits per heavy atom. The molecule has 1 heterocycles. The first-order valence-corrected chi connectivity index (χ1v) is 19.6. The van der Waals surface area contributed by atoms with Crippen LogP contribution in [0.5, 0.6) is 0 Å². The van der Waals surface area contributed by atoms with Gasteiger partial charge in [-0.1, -0.05) is 60.2 Å². The van der Waals surface area contributed by atoms with Crippen LogP contribution in [0.15, 0.2) is 118 Å². The molecule has 0 aliphatic heterocycles. The topological polar surface area (TPSA) is 182 Å². The number of nitrogens with zero attached hydrogens (tertiary/aromatic N) is 2. The lowest BCUT2D eigenvalue weighted by Crippen LogP contribution is -2.40. The summed E-state index contributed by atoms with van der Waals surface area (Å²) in [6, 6.07) is 27.6. The average Bonchev–Trinajstić information content (AvgIpc) is 3.34. The summed E-state index contributed by atoms with van der Waals surface area (Å²) in [5, 5.41) is 7.25. The second-order valence-electron chi connectivity index (χ2n) is 11.1. The molecule has 0 radical (unpaired) electrons. The Hall–Kier alpha value is -4.83. The normalized spacial score (nSPS) is 11.7. The first kappa shape index (κ1) is 37.0. The largest absolute Gasteiger partial charge is 0.337 e. The fourth-order valence-electron chi connectivity index (χ4n) is 4.83. The van der Waals surface area contributed by atoms with Crippen LogP contribution in [0, 0.1) is 20.8 Å². The number of hydrogen-bond acceptors (Lipinski definition) is 8. The molecule has 5 aromatic rings. The Morgan fingerprint density at radius 3 is 1.84 bits per heavy atom. The van der Waals surface area contributed by atoms with Gasteiger partial charge in [0, 0.05) is 24.1 Å². The SMILES string of the molecule is Cc1ccc(S(=O)(=O)O)cc1.Cc1nn(-c2ccc(CCNC(=O)NS(=O)(=O)c3ccc(S(C)(=O)=O)cc3)cc2)c(C)c1-c1ccccc1. The van der Waals surface area contributed by atoms with E-state index < -0.39 is 36.0 Å². The van der Waals surface area contributed by atoms with Crippen molar-refractivity contribution in [3.8, 4) is 16.8 Å². The predicted molar refractivity (Wildman–Crippen MR) is 186 cm³/mol. The molecule has 0 aliphatic carbocycles. The minimum Gasteiger partial charge on any atom is -0.337 e. The molecule has 0 saturated carbocycles. The van der Waals surface area contributed by atoms with E-state index in [0.717, 1.165) is 57.7 Å². The molecule has 0 spiro atoms. The molecule has 0 unspecified atom stereocenters. The fourth-order valence-corrected chi connectivity index (χ4v) is 6.87. The van der Waals surface area contributed by atoms with E-state index in [1.165, 1.54) is 24.3 Å². The second-order valence-corrected chi connectivity index (χ2v) is 16.3. The van der Waals surface area contributed by atoms with Crippen molar-refractivity contribution in [1.82, 2.24) is 19.8 Å². The number of sulfone groups is 1. The molecule has 49 heavy (non-hydrogen) atoms. The van der Waals surface area contributed by atoms with Gasteiger partial charge in [0.25, 0.3) is 20.1 Å². The van der Waals surface area contributed by atoms with E-state index in [2.05, 4.69) is 17.4 Å². The van der Waals surface area contributed by atoms with E-state index in [9.17, 15) is 30.0 Å². The van der Waals surface area contributed by atoms with Crippen LogP contribution in [0.2, 0.25) is 0 Å². The number of rotatable bonds is 9. The monoisotopic (exact) mass is 724 g/mol. The number of sulfonamides is 1. The number of amides is 2. The minimum absolute atomic E-state index is 0.0126. The fraction of sp³-hybridized carbons (Fsp3) is 0.176. The number of aryl methyl sites for hydroxylation is 2. The average molecular weight is 725 g/mol. The summed E-state index contributed by atoms with van der Waals surface area (Å²) in [5.41, 5.74) is 7.01. The van der Waals surface area contributed by atoms with Crippen LogP contribution >= 0.6 is 0 Å². The van der Waals surface area contributed by atoms with E-state index >= 15 is 0 Å². The highest BCUT2D eigenvalue weighted by molar-refractivity contribution is 7.91. The summed E-state index contributed by atoms with van der Waals surface area (Å²) in [5.74, 6) is 0. The Bertz CT molecular complexity index is 2250. The summed E-state index contributed by atoms with van der Waals surface area (Å²) < 4.78 is 81.3. The zero-order chi connectivity index (χ0) is 36.0. The highest BCUT2D eigenvalue weighted by atomic mass is 32.2. The van der Waals surface area contributed by atoms with Crippen molar-refractivity contribution < 1.29 is 34.6 Å². The van der Waals surface area contributed by atoms with Crippen molar-refractivity contribution in [2.75, 3.05) is 12.8 Å². The molecule has 12 nitrogen and oxygen atoms in total. The van der Waals surface area contributed by atoms with Gasteiger partial charge in [-0.25, -0.2) is 31.0 Å². The molecule has 5 rings (SSSR count). The minimum atomic E-state index is -4.15. The maximum absolute atomic E-state index is 12.4. The predicted octanol–water partition coefficient (Wildman–Crippen LogP) is 5.03. The molecule has 2 amide bonds. The number of urea groups is 1. The Labute approximate surface area is 286 Å². The molecular weight excluding hydrogens is 689 g/mol. The van der Waals surface area contributed by atoms with Crippen molar-refractivity contribution in [1.29, 1.82) is 0 Å².